The van der Waals surface area contributed by atoms with Crippen molar-refractivity contribution < 1.29 is 19.1 Å². The molecule has 0 fully saturated rings. The molecule has 0 saturated heterocycles. The number of carbonyl (C=O) groups excluding carboxylic acids is 1. The lowest BCUT2D eigenvalue weighted by molar-refractivity contribution is 0.0734. The first kappa shape index (κ1) is 20.8. The molecule has 4 aromatic rings. The second-order valence-electron chi connectivity index (χ2n) is 7.62. The third-order valence-electron chi connectivity index (χ3n) is 5.19. The molecule has 1 heterocycles. The summed E-state index contributed by atoms with van der Waals surface area (Å²) >= 11 is 0. The van der Waals surface area contributed by atoms with Gasteiger partial charge in [0.25, 0.3) is 0 Å². The van der Waals surface area contributed by atoms with Crippen LogP contribution in [-0.2, 0) is 6.42 Å². The fraction of sp³-hybridized carbons (Fsp3) is 0.192. The quantitative estimate of drug-likeness (QED) is 0.316. The van der Waals surface area contributed by atoms with Gasteiger partial charge in [0.1, 0.15) is 17.6 Å². The van der Waals surface area contributed by atoms with Crippen molar-refractivity contribution in [3.63, 3.8) is 0 Å². The highest BCUT2D eigenvalue weighted by molar-refractivity contribution is 5.91. The Morgan fingerprint density at radius 2 is 1.71 bits per heavy atom. The lowest BCUT2D eigenvalue weighted by Gasteiger charge is -2.16. The van der Waals surface area contributed by atoms with Crippen LogP contribution in [0.3, 0.4) is 0 Å². The predicted octanol–water partition coefficient (Wildman–Crippen LogP) is 4.91. The first-order valence-electron chi connectivity index (χ1n) is 10.3. The maximum absolute atomic E-state index is 12.1. The summed E-state index contributed by atoms with van der Waals surface area (Å²) < 4.78 is 11.0. The van der Waals surface area contributed by atoms with Crippen LogP contribution in [0.25, 0.3) is 10.8 Å². The number of nitrogens with one attached hydrogen (secondary N) is 1. The molecule has 5 heteroatoms. The largest absolute Gasteiger partial charge is 0.465 e. The molecule has 2 atom stereocenters. The number of hydrogen-bond donors (Lipinski definition) is 2. The number of hydrogen-bond acceptors (Lipinski definition) is 5. The highest BCUT2D eigenvalue weighted by Crippen LogP contribution is 2.26. The predicted molar refractivity (Wildman–Crippen MR) is 120 cm³/mol. The molecule has 4 rings (SSSR count). The van der Waals surface area contributed by atoms with Crippen molar-refractivity contribution in [1.82, 2.24) is 5.32 Å². The summed E-state index contributed by atoms with van der Waals surface area (Å²) in [7, 11) is 0. The van der Waals surface area contributed by atoms with E-state index in [4.69, 9.17) is 9.15 Å². The monoisotopic (exact) mass is 415 g/mol. The highest BCUT2D eigenvalue weighted by atomic mass is 16.5. The van der Waals surface area contributed by atoms with E-state index in [0.29, 0.717) is 23.6 Å². The summed E-state index contributed by atoms with van der Waals surface area (Å²) in [6.45, 7) is 2.46. The number of ether oxygens (including phenoxy) is 1. The zero-order chi connectivity index (χ0) is 21.6. The molecule has 1 aromatic heterocycles. The standard InChI is InChI=1S/C26H25NO4/c1-18(27-16-24(28)25-23-10-6-5-9-21(23)17-30-25)15-19-11-13-22(14-12-19)31-26(29)20-7-3-2-4-8-20/h2-14,17-18,24,27-28H,15-16H2,1H3. The van der Waals surface area contributed by atoms with E-state index >= 15 is 0 Å². The van der Waals surface area contributed by atoms with E-state index in [9.17, 15) is 9.90 Å². The molecule has 0 aliphatic heterocycles. The number of aliphatic hydroxyl groups is 1. The molecule has 158 valence electrons. The number of furan rings is 1. The molecule has 0 spiro atoms. The van der Waals surface area contributed by atoms with Gasteiger partial charge in [0.15, 0.2) is 0 Å². The average Bonchev–Trinajstić information content (AvgIpc) is 3.24. The molecular weight excluding hydrogens is 390 g/mol. The second-order valence-corrected chi connectivity index (χ2v) is 7.62. The number of aliphatic hydroxyl groups excluding tert-OH is 1. The highest BCUT2D eigenvalue weighted by Gasteiger charge is 2.16. The van der Waals surface area contributed by atoms with Gasteiger partial charge in [0, 0.05) is 23.4 Å². The Balaban J connectivity index is 1.28. The smallest absolute Gasteiger partial charge is 0.343 e. The van der Waals surface area contributed by atoms with Crippen molar-refractivity contribution in [3.05, 3.63) is 102 Å². The minimum absolute atomic E-state index is 0.147. The van der Waals surface area contributed by atoms with Crippen LogP contribution in [0.4, 0.5) is 0 Å². The van der Waals surface area contributed by atoms with E-state index in [0.717, 1.165) is 22.8 Å². The molecule has 0 bridgehead atoms. The number of esters is 1. The summed E-state index contributed by atoms with van der Waals surface area (Å²) in [5, 5.41) is 15.8. The van der Waals surface area contributed by atoms with Crippen LogP contribution < -0.4 is 10.1 Å². The Labute approximate surface area is 181 Å². The zero-order valence-electron chi connectivity index (χ0n) is 17.3. The van der Waals surface area contributed by atoms with Gasteiger partial charge in [-0.3, -0.25) is 0 Å². The third kappa shape index (κ3) is 5.20. The average molecular weight is 415 g/mol. The summed E-state index contributed by atoms with van der Waals surface area (Å²) in [5.41, 5.74) is 1.63. The van der Waals surface area contributed by atoms with Gasteiger partial charge >= 0.3 is 5.97 Å². The van der Waals surface area contributed by atoms with Gasteiger partial charge in [-0.15, -0.1) is 0 Å². The maximum Gasteiger partial charge on any atom is 0.343 e. The number of benzene rings is 3. The Kier molecular flexibility index (Phi) is 6.46. The van der Waals surface area contributed by atoms with Gasteiger partial charge in [-0.05, 0) is 43.2 Å². The fourth-order valence-corrected chi connectivity index (χ4v) is 3.54. The molecule has 0 aliphatic carbocycles. The first-order chi connectivity index (χ1) is 15.1. The Bertz CT molecular complexity index is 1140. The number of fused-ring (bicyclic) bond motifs is 1. The van der Waals surface area contributed by atoms with Gasteiger partial charge < -0.3 is 19.6 Å². The molecule has 0 aliphatic rings. The topological polar surface area (TPSA) is 71.7 Å². The van der Waals surface area contributed by atoms with Gasteiger partial charge in [0.2, 0.25) is 0 Å². The molecule has 2 unspecified atom stereocenters. The maximum atomic E-state index is 12.1. The summed E-state index contributed by atoms with van der Waals surface area (Å²) in [6, 6.07) is 24.4. The van der Waals surface area contributed by atoms with Crippen LogP contribution in [0.1, 0.15) is 34.7 Å². The first-order valence-corrected chi connectivity index (χ1v) is 10.3. The van der Waals surface area contributed by atoms with Crippen LogP contribution in [-0.4, -0.2) is 23.7 Å². The van der Waals surface area contributed by atoms with Crippen LogP contribution >= 0.6 is 0 Å². The Morgan fingerprint density at radius 3 is 2.48 bits per heavy atom. The lowest BCUT2D eigenvalue weighted by atomic mass is 10.1. The lowest BCUT2D eigenvalue weighted by Crippen LogP contribution is -2.32. The van der Waals surface area contributed by atoms with Crippen LogP contribution in [0.2, 0.25) is 0 Å². The van der Waals surface area contributed by atoms with Gasteiger partial charge in [-0.25, -0.2) is 4.79 Å². The van der Waals surface area contributed by atoms with E-state index in [1.54, 1.807) is 42.7 Å². The molecule has 5 nitrogen and oxygen atoms in total. The molecule has 2 N–H and O–H groups in total. The fourth-order valence-electron chi connectivity index (χ4n) is 3.54. The van der Waals surface area contributed by atoms with Gasteiger partial charge in [-0.2, -0.15) is 0 Å². The van der Waals surface area contributed by atoms with Gasteiger partial charge in [0.05, 0.1) is 11.8 Å². The summed E-state index contributed by atoms with van der Waals surface area (Å²) in [4.78, 5) is 12.1. The molecule has 31 heavy (non-hydrogen) atoms. The number of rotatable bonds is 8. The van der Waals surface area contributed by atoms with Crippen molar-refractivity contribution in [2.24, 2.45) is 0 Å². The van der Waals surface area contributed by atoms with E-state index in [1.807, 2.05) is 42.5 Å². The van der Waals surface area contributed by atoms with Gasteiger partial charge in [-0.1, -0.05) is 54.6 Å². The van der Waals surface area contributed by atoms with Crippen LogP contribution in [0, 0.1) is 0 Å². The molecule has 0 amide bonds. The summed E-state index contributed by atoms with van der Waals surface area (Å²) in [5.74, 6) is 0.723. The summed E-state index contributed by atoms with van der Waals surface area (Å²) in [6.07, 6.45) is 1.73. The second kappa shape index (κ2) is 9.60. The molecule has 0 saturated carbocycles. The number of carbonyl (C=O) groups is 1. The zero-order valence-corrected chi connectivity index (χ0v) is 17.3. The minimum Gasteiger partial charge on any atom is -0.465 e. The Hall–Kier alpha value is -3.41. The normalized spacial score (nSPS) is 13.1. The van der Waals surface area contributed by atoms with E-state index in [-0.39, 0.29) is 12.0 Å². The van der Waals surface area contributed by atoms with Crippen molar-refractivity contribution in [3.8, 4) is 5.75 Å². The minimum atomic E-state index is -0.720. The molecule has 0 radical (unpaired) electrons. The van der Waals surface area contributed by atoms with Crippen molar-refractivity contribution in [2.45, 2.75) is 25.5 Å². The Morgan fingerprint density at radius 1 is 1.00 bits per heavy atom. The third-order valence-corrected chi connectivity index (χ3v) is 5.19. The molecular formula is C26H25NO4. The molecule has 3 aromatic carbocycles. The van der Waals surface area contributed by atoms with Crippen LogP contribution in [0.15, 0.2) is 89.5 Å². The van der Waals surface area contributed by atoms with E-state index in [1.165, 1.54) is 0 Å². The van der Waals surface area contributed by atoms with Crippen molar-refractivity contribution in [2.75, 3.05) is 6.54 Å². The van der Waals surface area contributed by atoms with Crippen LogP contribution in [0.5, 0.6) is 5.75 Å². The van der Waals surface area contributed by atoms with Crippen molar-refractivity contribution >= 4 is 16.7 Å². The SMILES string of the molecule is CC(Cc1ccc(OC(=O)c2ccccc2)cc1)NCC(O)c1occ2ccccc12. The van der Waals surface area contributed by atoms with Crippen molar-refractivity contribution in [1.29, 1.82) is 0 Å². The van der Waals surface area contributed by atoms with E-state index < -0.39 is 6.10 Å². The van der Waals surface area contributed by atoms with E-state index in [2.05, 4.69) is 12.2 Å².